The van der Waals surface area contributed by atoms with Crippen LogP contribution in [0.3, 0.4) is 0 Å². The van der Waals surface area contributed by atoms with Crippen molar-refractivity contribution < 1.29 is 33.7 Å². The van der Waals surface area contributed by atoms with Gasteiger partial charge in [-0.15, -0.1) is 0 Å². The minimum absolute atomic E-state index is 0.00874. The highest BCUT2D eigenvalue weighted by Crippen LogP contribution is 2.34. The summed E-state index contributed by atoms with van der Waals surface area (Å²) >= 11 is 3.19. The fourth-order valence-corrected chi connectivity index (χ4v) is 18.4. The van der Waals surface area contributed by atoms with Gasteiger partial charge in [0.25, 0.3) is 0 Å². The molecule has 0 spiro atoms. The summed E-state index contributed by atoms with van der Waals surface area (Å²) in [6.45, 7) is 7.74. The molecule has 0 unspecified atom stereocenters. The number of fused-ring (bicyclic) bond motifs is 12. The molecule has 4 aliphatic heterocycles. The Balaban J connectivity index is 1.07. The number of nitrogens with zero attached hydrogens (tertiary/aromatic N) is 4. The maximum atomic E-state index is 14.9. The van der Waals surface area contributed by atoms with Crippen LogP contribution in [-0.4, -0.2) is 50.9 Å². The highest BCUT2D eigenvalue weighted by molar-refractivity contribution is 7.98. The third-order valence-corrected chi connectivity index (χ3v) is 24.4. The van der Waals surface area contributed by atoms with Crippen LogP contribution in [0.25, 0.3) is 0 Å². The number of rotatable bonds is 8. The first-order chi connectivity index (χ1) is 39.1. The van der Waals surface area contributed by atoms with Gasteiger partial charge in [-0.05, 0) is 143 Å². The van der Waals surface area contributed by atoms with Gasteiger partial charge in [-0.3, -0.25) is 0 Å². The van der Waals surface area contributed by atoms with Gasteiger partial charge in [0.1, 0.15) is 0 Å². The van der Waals surface area contributed by atoms with E-state index in [4.69, 9.17) is 0 Å². The monoisotopic (exact) mass is 1210 g/mol. The van der Waals surface area contributed by atoms with Crippen LogP contribution in [0.4, 0.5) is 0 Å². The Morgan fingerprint density at radius 1 is 0.244 bits per heavy atom. The third-order valence-electron chi connectivity index (χ3n) is 15.0. The van der Waals surface area contributed by atoms with Gasteiger partial charge < -0.3 is 0 Å². The molecule has 0 amide bonds. The molecule has 18 heteroatoms. The SMILES string of the molecule is Cc1ccc(S(=O)(=O)N2Cc3cc4cc(c3)CN(S(=O)(=O)c3ccc(C)cc3)Cc3cc(cc(c3)C2)CSCc2cc3cc(c2)CN(S(=O)(=O)c2ccc(C)cc2)Cc2cc(cc(c2)CN(S(=O)(=O)c2ccc(C)cc2)C3)CSC4)cc1. The topological polar surface area (TPSA) is 150 Å². The van der Waals surface area contributed by atoms with Gasteiger partial charge in [0.2, 0.25) is 40.1 Å². The summed E-state index contributed by atoms with van der Waals surface area (Å²) in [5.41, 5.74) is 12.7. The summed E-state index contributed by atoms with van der Waals surface area (Å²) in [7, 11) is -16.3. The molecular weight excluding hydrogens is 1150 g/mol. The zero-order valence-electron chi connectivity index (χ0n) is 46.2. The molecule has 0 N–H and O–H groups in total. The summed E-state index contributed by atoms with van der Waals surface area (Å²) in [6, 6.07) is 51.2. The van der Waals surface area contributed by atoms with E-state index in [2.05, 4.69) is 0 Å². The average molecular weight is 1210 g/mol. The molecule has 8 aromatic rings. The van der Waals surface area contributed by atoms with Crippen LogP contribution in [0.15, 0.2) is 189 Å². The van der Waals surface area contributed by atoms with Gasteiger partial charge in [-0.1, -0.05) is 144 Å². The zero-order valence-corrected chi connectivity index (χ0v) is 51.1. The van der Waals surface area contributed by atoms with Gasteiger partial charge in [0.05, 0.1) is 19.6 Å². The summed E-state index contributed by atoms with van der Waals surface area (Å²) in [6.07, 6.45) is 0. The van der Waals surface area contributed by atoms with Gasteiger partial charge >= 0.3 is 0 Å². The summed E-state index contributed by atoms with van der Waals surface area (Å²) in [5, 5.41) is 0. The third kappa shape index (κ3) is 13.1. The predicted molar refractivity (Wildman–Crippen MR) is 326 cm³/mol. The second kappa shape index (κ2) is 23.6. The number of thioether (sulfide) groups is 2. The van der Waals surface area contributed by atoms with Crippen molar-refractivity contribution in [3.8, 4) is 0 Å². The standard InChI is InChI=1S/C64H64N4O8S6/c1-45-5-13-61(14-6-45)79(69,70)65-33-49-21-51-27-57(25-49)41-77-43-59-29-53-23-55(31-59)39-68(82(75,76)64-19-11-48(4)12-20-64)40-56-24-54(38-67(37-53)81(73,74)63-17-9-47(3)10-18-63)30-60(32-56)44-78-42-58-26-50(34-65)22-52(28-58)36-66(35-51)80(71,72)62-15-7-46(2)8-16-62/h5-32H,33-44H2,1-4H3. The minimum Gasteiger partial charge on any atom is -0.207 e. The molecule has 12 nitrogen and oxygen atoms in total. The number of hydrogen-bond acceptors (Lipinski definition) is 10. The molecule has 8 aromatic carbocycles. The molecule has 0 aromatic heterocycles. The van der Waals surface area contributed by atoms with E-state index >= 15 is 0 Å². The van der Waals surface area contributed by atoms with E-state index < -0.39 is 40.1 Å². The summed E-state index contributed by atoms with van der Waals surface area (Å²) < 4.78 is 126. The van der Waals surface area contributed by atoms with Crippen molar-refractivity contribution in [2.24, 2.45) is 0 Å². The van der Waals surface area contributed by atoms with Gasteiger partial charge in [-0.2, -0.15) is 40.7 Å². The Bertz CT molecular complexity index is 3540. The molecule has 424 valence electrons. The first kappa shape index (κ1) is 57.9. The number of hydrogen-bond donors (Lipinski definition) is 0. The molecule has 0 radical (unpaired) electrons. The molecule has 4 aliphatic rings. The highest BCUT2D eigenvalue weighted by Gasteiger charge is 2.32. The Labute approximate surface area is 492 Å². The largest absolute Gasteiger partial charge is 0.243 e. The molecule has 0 fully saturated rings. The van der Waals surface area contributed by atoms with Gasteiger partial charge in [0.15, 0.2) is 0 Å². The van der Waals surface area contributed by atoms with Crippen LogP contribution in [0.1, 0.15) is 89.0 Å². The van der Waals surface area contributed by atoms with E-state index in [0.717, 1.165) is 44.5 Å². The number of sulfonamides is 4. The molecule has 0 saturated heterocycles. The maximum Gasteiger partial charge on any atom is 0.243 e. The predicted octanol–water partition coefficient (Wildman–Crippen LogP) is 12.3. The highest BCUT2D eigenvalue weighted by atomic mass is 32.2. The molecular formula is C64H64N4O8S6. The quantitative estimate of drug-likeness (QED) is 0.144. The van der Waals surface area contributed by atoms with Crippen LogP contribution in [0, 0.1) is 27.7 Å². The second-order valence-electron chi connectivity index (χ2n) is 22.0. The molecule has 0 aliphatic carbocycles. The van der Waals surface area contributed by atoms with E-state index in [1.165, 1.54) is 17.2 Å². The Morgan fingerprint density at radius 2 is 0.390 bits per heavy atom. The van der Waals surface area contributed by atoms with E-state index in [1.807, 2.05) is 100 Å². The van der Waals surface area contributed by atoms with E-state index in [9.17, 15) is 33.7 Å². The van der Waals surface area contributed by atoms with Crippen molar-refractivity contribution in [2.75, 3.05) is 0 Å². The lowest BCUT2D eigenvalue weighted by atomic mass is 10.0. The summed E-state index contributed by atoms with van der Waals surface area (Å²) in [5.74, 6) is 1.76. The molecule has 12 bridgehead atoms. The molecule has 12 rings (SSSR count). The Kier molecular flexibility index (Phi) is 16.7. The van der Waals surface area contributed by atoms with Crippen LogP contribution >= 0.6 is 23.5 Å². The van der Waals surface area contributed by atoms with Crippen molar-refractivity contribution in [1.29, 1.82) is 0 Å². The van der Waals surface area contributed by atoms with E-state index in [-0.39, 0.29) is 71.9 Å². The molecule has 4 heterocycles. The van der Waals surface area contributed by atoms with Crippen molar-refractivity contribution in [2.45, 2.75) is 123 Å². The van der Waals surface area contributed by atoms with Crippen molar-refractivity contribution in [3.63, 3.8) is 0 Å². The molecule has 0 saturated carbocycles. The number of benzene rings is 8. The number of aryl methyl sites for hydroxylation is 4. The lowest BCUT2D eigenvalue weighted by molar-refractivity contribution is 0.390. The van der Waals surface area contributed by atoms with Crippen molar-refractivity contribution in [1.82, 2.24) is 17.2 Å². The van der Waals surface area contributed by atoms with Crippen LogP contribution in [-0.2, 0) is 115 Å². The first-order valence-electron chi connectivity index (χ1n) is 27.0. The fraction of sp³-hybridized carbons (Fsp3) is 0.250. The lowest BCUT2D eigenvalue weighted by Crippen LogP contribution is -2.32. The minimum atomic E-state index is -4.07. The fourth-order valence-electron chi connectivity index (χ4n) is 11.0. The van der Waals surface area contributed by atoms with Crippen molar-refractivity contribution >= 4 is 63.6 Å². The van der Waals surface area contributed by atoms with E-state index in [0.29, 0.717) is 67.5 Å². The van der Waals surface area contributed by atoms with Gasteiger partial charge in [0, 0.05) is 75.4 Å². The van der Waals surface area contributed by atoms with Crippen molar-refractivity contribution in [3.05, 3.63) is 259 Å². The zero-order chi connectivity index (χ0) is 57.6. The Hall–Kier alpha value is -5.90. The van der Waals surface area contributed by atoms with Crippen LogP contribution in [0.2, 0.25) is 0 Å². The second-order valence-corrected chi connectivity index (χ2v) is 31.7. The normalized spacial score (nSPS) is 16.5. The van der Waals surface area contributed by atoms with E-state index in [1.54, 1.807) is 121 Å². The van der Waals surface area contributed by atoms with Crippen LogP contribution < -0.4 is 0 Å². The molecule has 82 heavy (non-hydrogen) atoms. The van der Waals surface area contributed by atoms with Gasteiger partial charge in [-0.25, -0.2) is 33.7 Å². The molecule has 0 atom stereocenters. The van der Waals surface area contributed by atoms with Crippen LogP contribution in [0.5, 0.6) is 0 Å². The average Bonchev–Trinajstić information content (AvgIpc) is 3.59. The maximum absolute atomic E-state index is 14.9. The smallest absolute Gasteiger partial charge is 0.207 e. The lowest BCUT2D eigenvalue weighted by Gasteiger charge is -2.28. The Morgan fingerprint density at radius 3 is 0.549 bits per heavy atom. The first-order valence-corrected chi connectivity index (χ1v) is 35.1. The summed E-state index contributed by atoms with van der Waals surface area (Å²) in [4.78, 5) is 0.706.